The van der Waals surface area contributed by atoms with E-state index in [1.807, 2.05) is 13.8 Å². The van der Waals surface area contributed by atoms with Gasteiger partial charge in [0.05, 0.1) is 18.1 Å². The standard InChI is InChI=1S/C14H25NO3/c1-14(2,13(16)17)7-4-8-15-9-10-18-12-6-3-5-11(12)15/h11-12H,3-10H2,1-2H3,(H,16,17). The zero-order chi connectivity index (χ0) is 13.2. The summed E-state index contributed by atoms with van der Waals surface area (Å²) < 4.78 is 5.78. The molecule has 1 aliphatic carbocycles. The van der Waals surface area contributed by atoms with E-state index < -0.39 is 11.4 Å². The normalized spacial score (nSPS) is 29.2. The predicted molar refractivity (Wildman–Crippen MR) is 69.6 cm³/mol. The molecule has 2 atom stereocenters. The molecule has 2 rings (SSSR count). The van der Waals surface area contributed by atoms with Gasteiger partial charge in [-0.3, -0.25) is 9.69 Å². The van der Waals surface area contributed by atoms with Crippen molar-refractivity contribution < 1.29 is 14.6 Å². The van der Waals surface area contributed by atoms with Crippen LogP contribution in [-0.2, 0) is 9.53 Å². The molecule has 0 radical (unpaired) electrons. The summed E-state index contributed by atoms with van der Waals surface area (Å²) in [6.45, 7) is 6.49. The van der Waals surface area contributed by atoms with E-state index in [1.54, 1.807) is 0 Å². The third-order valence-corrected chi connectivity index (χ3v) is 4.42. The Morgan fingerprint density at radius 2 is 2.22 bits per heavy atom. The van der Waals surface area contributed by atoms with Gasteiger partial charge in [0.15, 0.2) is 0 Å². The molecule has 1 aliphatic heterocycles. The van der Waals surface area contributed by atoms with Gasteiger partial charge < -0.3 is 9.84 Å². The minimum absolute atomic E-state index is 0.436. The highest BCUT2D eigenvalue weighted by molar-refractivity contribution is 5.73. The average Bonchev–Trinajstić information content (AvgIpc) is 2.77. The Labute approximate surface area is 109 Å². The second-order valence-electron chi connectivity index (χ2n) is 6.24. The van der Waals surface area contributed by atoms with E-state index in [-0.39, 0.29) is 0 Å². The lowest BCUT2D eigenvalue weighted by Crippen LogP contribution is -2.48. The van der Waals surface area contributed by atoms with Crippen LogP contribution in [-0.4, -0.2) is 47.8 Å². The highest BCUT2D eigenvalue weighted by Crippen LogP contribution is 2.30. The number of fused-ring (bicyclic) bond motifs is 1. The summed E-state index contributed by atoms with van der Waals surface area (Å²) >= 11 is 0. The minimum Gasteiger partial charge on any atom is -0.481 e. The van der Waals surface area contributed by atoms with Crippen LogP contribution in [0.4, 0.5) is 0 Å². The van der Waals surface area contributed by atoms with Gasteiger partial charge in [-0.05, 0) is 52.5 Å². The predicted octanol–water partition coefficient (Wildman–Crippen LogP) is 2.13. The van der Waals surface area contributed by atoms with E-state index in [2.05, 4.69) is 4.90 Å². The molecule has 104 valence electrons. The number of rotatable bonds is 5. The van der Waals surface area contributed by atoms with Crippen LogP contribution in [0, 0.1) is 5.41 Å². The van der Waals surface area contributed by atoms with E-state index in [9.17, 15) is 4.79 Å². The highest BCUT2D eigenvalue weighted by atomic mass is 16.5. The Bertz CT molecular complexity index is 303. The first-order valence-corrected chi connectivity index (χ1v) is 7.10. The van der Waals surface area contributed by atoms with E-state index in [1.165, 1.54) is 19.3 Å². The summed E-state index contributed by atoms with van der Waals surface area (Å²) in [5.41, 5.74) is -0.596. The van der Waals surface area contributed by atoms with Crippen molar-refractivity contribution >= 4 is 5.97 Å². The zero-order valence-corrected chi connectivity index (χ0v) is 11.5. The molecule has 0 bridgehead atoms. The van der Waals surface area contributed by atoms with Crippen molar-refractivity contribution in [1.29, 1.82) is 0 Å². The fourth-order valence-electron chi connectivity index (χ4n) is 3.11. The number of carboxylic acids is 1. The Kier molecular flexibility index (Phi) is 4.28. The van der Waals surface area contributed by atoms with Gasteiger partial charge in [0.2, 0.25) is 0 Å². The maximum atomic E-state index is 11.1. The van der Waals surface area contributed by atoms with Gasteiger partial charge in [-0.1, -0.05) is 0 Å². The van der Waals surface area contributed by atoms with Crippen molar-refractivity contribution in [2.24, 2.45) is 5.41 Å². The lowest BCUT2D eigenvalue weighted by Gasteiger charge is -2.38. The van der Waals surface area contributed by atoms with Crippen LogP contribution in [0.5, 0.6) is 0 Å². The molecule has 0 aromatic heterocycles. The lowest BCUT2D eigenvalue weighted by atomic mass is 9.88. The Balaban J connectivity index is 1.78. The quantitative estimate of drug-likeness (QED) is 0.817. The topological polar surface area (TPSA) is 49.8 Å². The minimum atomic E-state index is -0.691. The van der Waals surface area contributed by atoms with Gasteiger partial charge >= 0.3 is 5.97 Å². The van der Waals surface area contributed by atoms with Crippen molar-refractivity contribution in [3.63, 3.8) is 0 Å². The number of carboxylic acid groups (broad SMARTS) is 1. The first-order valence-electron chi connectivity index (χ1n) is 7.10. The number of aliphatic carboxylic acids is 1. The van der Waals surface area contributed by atoms with Gasteiger partial charge in [-0.15, -0.1) is 0 Å². The van der Waals surface area contributed by atoms with Crippen molar-refractivity contribution in [2.45, 2.75) is 58.1 Å². The molecule has 1 saturated heterocycles. The molecule has 4 nitrogen and oxygen atoms in total. The number of carbonyl (C=O) groups is 1. The summed E-state index contributed by atoms with van der Waals surface area (Å²) in [6.07, 6.45) is 5.85. The summed E-state index contributed by atoms with van der Waals surface area (Å²) in [5, 5.41) is 9.09. The number of hydrogen-bond acceptors (Lipinski definition) is 3. The van der Waals surface area contributed by atoms with Crippen LogP contribution >= 0.6 is 0 Å². The van der Waals surface area contributed by atoms with Gasteiger partial charge in [0, 0.05) is 12.6 Å². The smallest absolute Gasteiger partial charge is 0.309 e. The van der Waals surface area contributed by atoms with Crippen LogP contribution in [0.2, 0.25) is 0 Å². The largest absolute Gasteiger partial charge is 0.481 e. The van der Waals surface area contributed by atoms with Gasteiger partial charge in [0.1, 0.15) is 0 Å². The maximum Gasteiger partial charge on any atom is 0.309 e. The second kappa shape index (κ2) is 5.57. The molecule has 0 aromatic rings. The molecule has 0 spiro atoms. The third kappa shape index (κ3) is 3.04. The Morgan fingerprint density at radius 3 is 2.94 bits per heavy atom. The molecule has 4 heteroatoms. The molecule has 18 heavy (non-hydrogen) atoms. The van der Waals surface area contributed by atoms with Gasteiger partial charge in [-0.25, -0.2) is 0 Å². The van der Waals surface area contributed by atoms with Crippen molar-refractivity contribution in [3.8, 4) is 0 Å². The van der Waals surface area contributed by atoms with E-state index in [0.717, 1.165) is 32.5 Å². The number of hydrogen-bond donors (Lipinski definition) is 1. The van der Waals surface area contributed by atoms with Crippen molar-refractivity contribution in [2.75, 3.05) is 19.7 Å². The molecule has 2 fully saturated rings. The van der Waals surface area contributed by atoms with Crippen molar-refractivity contribution in [1.82, 2.24) is 4.90 Å². The fraction of sp³-hybridized carbons (Fsp3) is 0.929. The van der Waals surface area contributed by atoms with E-state index in [4.69, 9.17) is 9.84 Å². The number of ether oxygens (including phenoxy) is 1. The third-order valence-electron chi connectivity index (χ3n) is 4.42. The first-order chi connectivity index (χ1) is 8.50. The van der Waals surface area contributed by atoms with Crippen LogP contribution in [0.25, 0.3) is 0 Å². The van der Waals surface area contributed by atoms with Gasteiger partial charge in [0.25, 0.3) is 0 Å². The lowest BCUT2D eigenvalue weighted by molar-refractivity contribution is -0.147. The molecule has 2 unspecified atom stereocenters. The first kappa shape index (κ1) is 13.8. The molecule has 1 N–H and O–H groups in total. The fourth-order valence-corrected chi connectivity index (χ4v) is 3.11. The molecule has 0 amide bonds. The summed E-state index contributed by atoms with van der Waals surface area (Å²) in [6, 6.07) is 0.590. The Hall–Kier alpha value is -0.610. The summed E-state index contributed by atoms with van der Waals surface area (Å²) in [5.74, 6) is -0.691. The SMILES string of the molecule is CC(C)(CCCN1CCOC2CCCC21)C(=O)O. The average molecular weight is 255 g/mol. The Morgan fingerprint density at radius 1 is 1.44 bits per heavy atom. The van der Waals surface area contributed by atoms with Crippen LogP contribution < -0.4 is 0 Å². The zero-order valence-electron chi connectivity index (χ0n) is 11.5. The number of nitrogens with zero attached hydrogens (tertiary/aromatic N) is 1. The van der Waals surface area contributed by atoms with Crippen LogP contribution in [0.15, 0.2) is 0 Å². The molecular weight excluding hydrogens is 230 g/mol. The molecule has 2 aliphatic rings. The van der Waals surface area contributed by atoms with E-state index >= 15 is 0 Å². The summed E-state index contributed by atoms with van der Waals surface area (Å²) in [7, 11) is 0. The molecular formula is C14H25NO3. The second-order valence-corrected chi connectivity index (χ2v) is 6.24. The maximum absolute atomic E-state index is 11.1. The molecule has 1 heterocycles. The molecule has 1 saturated carbocycles. The number of morpholine rings is 1. The monoisotopic (exact) mass is 255 g/mol. The van der Waals surface area contributed by atoms with Crippen LogP contribution in [0.3, 0.4) is 0 Å². The summed E-state index contributed by atoms with van der Waals surface area (Å²) in [4.78, 5) is 13.6. The van der Waals surface area contributed by atoms with Gasteiger partial charge in [-0.2, -0.15) is 0 Å². The van der Waals surface area contributed by atoms with Crippen molar-refractivity contribution in [3.05, 3.63) is 0 Å². The highest BCUT2D eigenvalue weighted by Gasteiger charge is 2.36. The van der Waals surface area contributed by atoms with Crippen LogP contribution in [0.1, 0.15) is 46.0 Å². The van der Waals surface area contributed by atoms with E-state index in [0.29, 0.717) is 12.1 Å². The molecule has 0 aromatic carbocycles.